The predicted molar refractivity (Wildman–Crippen MR) is 80.9 cm³/mol. The fourth-order valence-electron chi connectivity index (χ4n) is 1.91. The van der Waals surface area contributed by atoms with E-state index in [0.29, 0.717) is 5.88 Å². The van der Waals surface area contributed by atoms with Crippen molar-refractivity contribution in [1.82, 2.24) is 14.9 Å². The first kappa shape index (κ1) is 14.6. The monoisotopic (exact) mass is 273 g/mol. The topological polar surface area (TPSA) is 39.1 Å². The van der Waals surface area contributed by atoms with Crippen LogP contribution in [-0.2, 0) is 13.1 Å². The Kier molecular flexibility index (Phi) is 4.45. The van der Waals surface area contributed by atoms with E-state index in [2.05, 4.69) is 54.1 Å². The SMILES string of the molecule is COc1cccc(Cn2ccc(CNC(C)(C)C)c2)n1. The largest absolute Gasteiger partial charge is 0.481 e. The second kappa shape index (κ2) is 6.09. The number of nitrogens with zero attached hydrogens (tertiary/aromatic N) is 2. The lowest BCUT2D eigenvalue weighted by Gasteiger charge is -2.19. The maximum atomic E-state index is 5.14. The summed E-state index contributed by atoms with van der Waals surface area (Å²) in [7, 11) is 1.64. The Morgan fingerprint density at radius 2 is 2.05 bits per heavy atom. The standard InChI is InChI=1S/C16H23N3O/c1-16(2,3)17-10-13-8-9-19(11-13)12-14-6-5-7-15(18-14)20-4/h5-9,11,17H,10,12H2,1-4H3. The van der Waals surface area contributed by atoms with Gasteiger partial charge in [-0.1, -0.05) is 6.07 Å². The minimum Gasteiger partial charge on any atom is -0.481 e. The lowest BCUT2D eigenvalue weighted by Crippen LogP contribution is -2.34. The Morgan fingerprint density at radius 1 is 1.25 bits per heavy atom. The summed E-state index contributed by atoms with van der Waals surface area (Å²) in [6.07, 6.45) is 4.24. The van der Waals surface area contributed by atoms with Crippen LogP contribution in [0.25, 0.3) is 0 Å². The molecule has 0 saturated carbocycles. The van der Waals surface area contributed by atoms with Gasteiger partial charge in [-0.15, -0.1) is 0 Å². The van der Waals surface area contributed by atoms with Gasteiger partial charge >= 0.3 is 0 Å². The highest BCUT2D eigenvalue weighted by molar-refractivity contribution is 5.17. The van der Waals surface area contributed by atoms with Gasteiger partial charge in [-0.05, 0) is 38.5 Å². The fourth-order valence-corrected chi connectivity index (χ4v) is 1.91. The lowest BCUT2D eigenvalue weighted by atomic mass is 10.1. The predicted octanol–water partition coefficient (Wildman–Crippen LogP) is 2.83. The molecule has 2 aromatic heterocycles. The van der Waals surface area contributed by atoms with E-state index >= 15 is 0 Å². The van der Waals surface area contributed by atoms with Gasteiger partial charge in [-0.25, -0.2) is 4.98 Å². The number of hydrogen-bond donors (Lipinski definition) is 1. The van der Waals surface area contributed by atoms with Crippen LogP contribution in [-0.4, -0.2) is 22.2 Å². The second-order valence-corrected chi connectivity index (χ2v) is 5.97. The molecule has 2 rings (SSSR count). The molecular formula is C16H23N3O. The maximum absolute atomic E-state index is 5.14. The van der Waals surface area contributed by atoms with Gasteiger partial charge in [0.15, 0.2) is 0 Å². The van der Waals surface area contributed by atoms with Crippen LogP contribution in [0.1, 0.15) is 32.0 Å². The first-order valence-corrected chi connectivity index (χ1v) is 6.86. The van der Waals surface area contributed by atoms with Crippen LogP contribution in [0.2, 0.25) is 0 Å². The van der Waals surface area contributed by atoms with E-state index < -0.39 is 0 Å². The average Bonchev–Trinajstić information content (AvgIpc) is 2.83. The van der Waals surface area contributed by atoms with Gasteiger partial charge < -0.3 is 14.6 Å². The number of nitrogens with one attached hydrogen (secondary N) is 1. The minimum absolute atomic E-state index is 0.135. The number of ether oxygens (including phenoxy) is 1. The molecular weight excluding hydrogens is 250 g/mol. The minimum atomic E-state index is 0.135. The van der Waals surface area contributed by atoms with Crippen LogP contribution < -0.4 is 10.1 Å². The van der Waals surface area contributed by atoms with Crippen LogP contribution in [0.5, 0.6) is 5.88 Å². The van der Waals surface area contributed by atoms with Crippen LogP contribution in [0, 0.1) is 0 Å². The fraction of sp³-hybridized carbons (Fsp3) is 0.438. The Bertz CT molecular complexity index is 555. The van der Waals surface area contributed by atoms with Crippen molar-refractivity contribution < 1.29 is 4.74 Å². The lowest BCUT2D eigenvalue weighted by molar-refractivity contribution is 0.396. The summed E-state index contributed by atoms with van der Waals surface area (Å²) in [5.74, 6) is 0.657. The van der Waals surface area contributed by atoms with Crippen molar-refractivity contribution in [3.8, 4) is 5.88 Å². The van der Waals surface area contributed by atoms with Crippen LogP contribution in [0.4, 0.5) is 0 Å². The zero-order valence-corrected chi connectivity index (χ0v) is 12.7. The number of methoxy groups -OCH3 is 1. The molecule has 0 atom stereocenters. The number of hydrogen-bond acceptors (Lipinski definition) is 3. The summed E-state index contributed by atoms with van der Waals surface area (Å²) in [6, 6.07) is 7.97. The summed E-state index contributed by atoms with van der Waals surface area (Å²) < 4.78 is 7.28. The molecule has 0 radical (unpaired) electrons. The normalized spacial score (nSPS) is 11.6. The molecule has 2 heterocycles. The zero-order valence-electron chi connectivity index (χ0n) is 12.7. The van der Waals surface area contributed by atoms with Gasteiger partial charge in [0, 0.05) is 30.5 Å². The highest BCUT2D eigenvalue weighted by Gasteiger charge is 2.09. The zero-order chi connectivity index (χ0) is 14.6. The third-order valence-corrected chi connectivity index (χ3v) is 2.97. The molecule has 0 aliphatic carbocycles. The van der Waals surface area contributed by atoms with Crippen LogP contribution in [0.15, 0.2) is 36.7 Å². The third-order valence-electron chi connectivity index (χ3n) is 2.97. The second-order valence-electron chi connectivity index (χ2n) is 5.97. The molecule has 0 aromatic carbocycles. The van der Waals surface area contributed by atoms with Crippen molar-refractivity contribution in [2.75, 3.05) is 7.11 Å². The quantitative estimate of drug-likeness (QED) is 0.910. The number of pyridine rings is 1. The van der Waals surface area contributed by atoms with Crippen molar-refractivity contribution in [3.05, 3.63) is 47.9 Å². The number of aromatic nitrogens is 2. The molecule has 0 unspecified atom stereocenters. The average molecular weight is 273 g/mol. The molecule has 0 aliphatic heterocycles. The molecule has 20 heavy (non-hydrogen) atoms. The van der Waals surface area contributed by atoms with Gasteiger partial charge in [-0.2, -0.15) is 0 Å². The molecule has 0 fully saturated rings. The van der Waals surface area contributed by atoms with Gasteiger partial charge in [0.25, 0.3) is 0 Å². The summed E-state index contributed by atoms with van der Waals surface area (Å²) in [5, 5.41) is 3.48. The van der Waals surface area contributed by atoms with Gasteiger partial charge in [-0.3, -0.25) is 0 Å². The van der Waals surface area contributed by atoms with E-state index in [1.807, 2.05) is 18.2 Å². The van der Waals surface area contributed by atoms with E-state index in [-0.39, 0.29) is 5.54 Å². The highest BCUT2D eigenvalue weighted by atomic mass is 16.5. The molecule has 4 heteroatoms. The van der Waals surface area contributed by atoms with Crippen LogP contribution >= 0.6 is 0 Å². The van der Waals surface area contributed by atoms with E-state index in [9.17, 15) is 0 Å². The Hall–Kier alpha value is -1.81. The van der Waals surface area contributed by atoms with Crippen molar-refractivity contribution in [1.29, 1.82) is 0 Å². The summed E-state index contributed by atoms with van der Waals surface area (Å²) in [5.41, 5.74) is 2.41. The molecule has 2 aromatic rings. The highest BCUT2D eigenvalue weighted by Crippen LogP contribution is 2.10. The maximum Gasteiger partial charge on any atom is 0.213 e. The first-order valence-electron chi connectivity index (χ1n) is 6.86. The van der Waals surface area contributed by atoms with Crippen molar-refractivity contribution in [3.63, 3.8) is 0 Å². The number of rotatable bonds is 5. The molecule has 0 saturated heterocycles. The van der Waals surface area contributed by atoms with Crippen molar-refractivity contribution in [2.24, 2.45) is 0 Å². The molecule has 0 spiro atoms. The molecule has 1 N–H and O–H groups in total. The van der Waals surface area contributed by atoms with Crippen molar-refractivity contribution in [2.45, 2.75) is 39.4 Å². The van der Waals surface area contributed by atoms with Gasteiger partial charge in [0.2, 0.25) is 5.88 Å². The summed E-state index contributed by atoms with van der Waals surface area (Å²) in [6.45, 7) is 8.15. The summed E-state index contributed by atoms with van der Waals surface area (Å²) in [4.78, 5) is 4.42. The Balaban J connectivity index is 1.98. The van der Waals surface area contributed by atoms with E-state index in [1.165, 1.54) is 5.56 Å². The Labute approximate surface area is 120 Å². The molecule has 0 aliphatic rings. The van der Waals surface area contributed by atoms with Crippen LogP contribution in [0.3, 0.4) is 0 Å². The van der Waals surface area contributed by atoms with E-state index in [0.717, 1.165) is 18.8 Å². The van der Waals surface area contributed by atoms with Gasteiger partial charge in [0.05, 0.1) is 19.3 Å². The smallest absolute Gasteiger partial charge is 0.213 e. The third kappa shape index (κ3) is 4.38. The molecule has 4 nitrogen and oxygen atoms in total. The first-order chi connectivity index (χ1) is 9.46. The summed E-state index contributed by atoms with van der Waals surface area (Å²) >= 11 is 0. The Morgan fingerprint density at radius 3 is 2.75 bits per heavy atom. The van der Waals surface area contributed by atoms with Crippen molar-refractivity contribution >= 4 is 0 Å². The van der Waals surface area contributed by atoms with Gasteiger partial charge in [0.1, 0.15) is 0 Å². The van der Waals surface area contributed by atoms with E-state index in [1.54, 1.807) is 7.11 Å². The molecule has 108 valence electrons. The molecule has 0 amide bonds. The molecule has 0 bridgehead atoms. The van der Waals surface area contributed by atoms with E-state index in [4.69, 9.17) is 4.74 Å².